The molecule has 0 bridgehead atoms. The first-order valence-electron chi connectivity index (χ1n) is 3.73. The van der Waals surface area contributed by atoms with E-state index in [0.29, 0.717) is 4.90 Å². The van der Waals surface area contributed by atoms with E-state index >= 15 is 0 Å². The van der Waals surface area contributed by atoms with E-state index in [4.69, 9.17) is 10.7 Å². The van der Waals surface area contributed by atoms with Crippen LogP contribution >= 0.6 is 33.8 Å². The van der Waals surface area contributed by atoms with Crippen molar-refractivity contribution < 1.29 is 4.55 Å². The maximum Gasteiger partial charge on any atom is 0.181 e. The van der Waals surface area contributed by atoms with Crippen LogP contribution in [0.3, 0.4) is 0 Å². The molecule has 0 aliphatic rings. The van der Waals surface area contributed by atoms with Crippen LogP contribution < -0.4 is 0 Å². The molecule has 0 spiro atoms. The molecule has 1 aromatic heterocycles. The second kappa shape index (κ2) is 4.28. The predicted molar refractivity (Wildman–Crippen MR) is 63.7 cm³/mol. The molecule has 14 heavy (non-hydrogen) atoms. The third-order valence-electron chi connectivity index (χ3n) is 1.70. The Kier molecular flexibility index (Phi) is 3.23. The Labute approximate surface area is 97.4 Å². The maximum atomic E-state index is 11.0. The van der Waals surface area contributed by atoms with Crippen molar-refractivity contribution >= 4 is 54.4 Å². The Morgan fingerprint density at radius 3 is 3.00 bits per heavy atom. The van der Waals surface area contributed by atoms with Crippen LogP contribution in [0.25, 0.3) is 10.2 Å². The first-order valence-corrected chi connectivity index (χ1v) is 7.75. The summed E-state index contributed by atoms with van der Waals surface area (Å²) in [6.07, 6.45) is 1.98. The monoisotopic (exact) mass is 263 g/mol. The molecule has 0 saturated carbocycles. The van der Waals surface area contributed by atoms with Gasteiger partial charge in [-0.15, -0.1) is 11.3 Å². The first kappa shape index (κ1) is 10.6. The number of thiazole rings is 1. The van der Waals surface area contributed by atoms with Crippen LogP contribution in [0.1, 0.15) is 0 Å². The summed E-state index contributed by atoms with van der Waals surface area (Å²) in [5.74, 6) is 0. The van der Waals surface area contributed by atoms with Crippen LogP contribution in [0.15, 0.2) is 27.4 Å². The van der Waals surface area contributed by atoms with Gasteiger partial charge in [0.15, 0.2) is 19.9 Å². The third kappa shape index (κ3) is 2.01. The van der Waals surface area contributed by atoms with E-state index in [2.05, 4.69) is 4.98 Å². The van der Waals surface area contributed by atoms with Crippen molar-refractivity contribution in [2.24, 2.45) is 0 Å². The number of benzene rings is 1. The molecule has 0 aliphatic carbocycles. The standard InChI is InChI=1S/C8H6ClNOS3/c1-12-8-10-6-3-2-5(14(9)11)4-7(6)13-8/h2-4H,1H3. The van der Waals surface area contributed by atoms with E-state index in [9.17, 15) is 4.55 Å². The smallest absolute Gasteiger partial charge is 0.181 e. The number of fused-ring (bicyclic) bond motifs is 1. The Morgan fingerprint density at radius 2 is 2.36 bits per heavy atom. The highest BCUT2D eigenvalue weighted by Crippen LogP contribution is 2.30. The van der Waals surface area contributed by atoms with E-state index in [1.807, 2.05) is 18.4 Å². The maximum absolute atomic E-state index is 11.0. The van der Waals surface area contributed by atoms with Crippen molar-refractivity contribution in [1.29, 1.82) is 0 Å². The molecule has 0 saturated heterocycles. The Bertz CT molecular complexity index is 457. The molecule has 1 unspecified atom stereocenters. The summed E-state index contributed by atoms with van der Waals surface area (Å²) in [5, 5.41) is 0. The van der Waals surface area contributed by atoms with E-state index in [0.717, 1.165) is 14.6 Å². The summed E-state index contributed by atoms with van der Waals surface area (Å²) in [5.41, 5.74) is 0.935. The molecule has 2 aromatic rings. The number of thioether (sulfide) groups is 1. The molecule has 0 aliphatic heterocycles. The number of rotatable bonds is 2. The van der Waals surface area contributed by atoms with Gasteiger partial charge in [0.1, 0.15) is 10.4 Å². The zero-order valence-electron chi connectivity index (χ0n) is 7.19. The van der Waals surface area contributed by atoms with Gasteiger partial charge in [-0.3, -0.25) is 0 Å². The molecule has 1 heterocycles. The lowest BCUT2D eigenvalue weighted by Gasteiger charge is -1.97. The van der Waals surface area contributed by atoms with Crippen molar-refractivity contribution in [3.8, 4) is 0 Å². The van der Waals surface area contributed by atoms with Crippen LogP contribution in [-0.4, -0.2) is 15.8 Å². The van der Waals surface area contributed by atoms with Crippen LogP contribution in [-0.2, 0) is 10.4 Å². The lowest BCUT2D eigenvalue weighted by Crippen LogP contribution is -1.88. The van der Waals surface area contributed by atoms with Gasteiger partial charge in [0.2, 0.25) is 0 Å². The van der Waals surface area contributed by atoms with E-state index in [1.165, 1.54) is 0 Å². The molecule has 2 nitrogen and oxygen atoms in total. The van der Waals surface area contributed by atoms with Gasteiger partial charge in [-0.1, -0.05) is 11.8 Å². The molecule has 1 aromatic carbocycles. The van der Waals surface area contributed by atoms with Gasteiger partial charge >= 0.3 is 0 Å². The lowest BCUT2D eigenvalue weighted by molar-refractivity contribution is 0.608. The van der Waals surface area contributed by atoms with Crippen LogP contribution in [0.4, 0.5) is 0 Å². The highest BCUT2D eigenvalue weighted by atomic mass is 35.7. The lowest BCUT2D eigenvalue weighted by atomic mass is 10.3. The quantitative estimate of drug-likeness (QED) is 0.616. The zero-order chi connectivity index (χ0) is 10.1. The van der Waals surface area contributed by atoms with Gasteiger partial charge in [-0.25, -0.2) is 4.98 Å². The van der Waals surface area contributed by atoms with Crippen LogP contribution in [0, 0.1) is 0 Å². The number of nitrogens with zero attached hydrogens (tertiary/aromatic N) is 1. The van der Waals surface area contributed by atoms with Crippen molar-refractivity contribution in [2.75, 3.05) is 6.26 Å². The second-order valence-electron chi connectivity index (χ2n) is 2.54. The normalized spacial score (nSPS) is 13.4. The fourth-order valence-corrected chi connectivity index (χ4v) is 3.35. The van der Waals surface area contributed by atoms with Crippen molar-refractivity contribution in [3.63, 3.8) is 0 Å². The molecule has 0 radical (unpaired) electrons. The summed E-state index contributed by atoms with van der Waals surface area (Å²) in [4.78, 5) is 5.01. The predicted octanol–water partition coefficient (Wildman–Crippen LogP) is 3.28. The summed E-state index contributed by atoms with van der Waals surface area (Å²) < 4.78 is 13.1. The third-order valence-corrected chi connectivity index (χ3v) is 4.86. The van der Waals surface area contributed by atoms with Gasteiger partial charge < -0.3 is 4.55 Å². The van der Waals surface area contributed by atoms with Crippen molar-refractivity contribution in [1.82, 2.24) is 4.98 Å². The second-order valence-corrected chi connectivity index (χ2v) is 6.38. The number of halogens is 1. The summed E-state index contributed by atoms with van der Waals surface area (Å²) >= 11 is 3.19. The van der Waals surface area contributed by atoms with Crippen molar-refractivity contribution in [2.45, 2.75) is 9.24 Å². The molecular weight excluding hydrogens is 258 g/mol. The average Bonchev–Trinajstić information content (AvgIpc) is 2.58. The van der Waals surface area contributed by atoms with Gasteiger partial charge in [-0.05, 0) is 18.4 Å². The number of hydrogen-bond donors (Lipinski definition) is 0. The molecule has 0 N–H and O–H groups in total. The van der Waals surface area contributed by atoms with Crippen molar-refractivity contribution in [3.05, 3.63) is 18.2 Å². The fourth-order valence-electron chi connectivity index (χ4n) is 1.07. The van der Waals surface area contributed by atoms with Gasteiger partial charge in [0.25, 0.3) is 0 Å². The highest BCUT2D eigenvalue weighted by molar-refractivity contribution is 8.13. The van der Waals surface area contributed by atoms with E-state index < -0.39 is 10.4 Å². The minimum atomic E-state index is -1.43. The topological polar surface area (TPSA) is 36.0 Å². The molecule has 0 fully saturated rings. The molecule has 0 amide bonds. The zero-order valence-corrected chi connectivity index (χ0v) is 10.4. The van der Waals surface area contributed by atoms with Crippen LogP contribution in [0.5, 0.6) is 0 Å². The summed E-state index contributed by atoms with van der Waals surface area (Å²) in [7, 11) is 4.06. The number of hydrogen-bond acceptors (Lipinski definition) is 4. The van der Waals surface area contributed by atoms with Gasteiger partial charge in [0.05, 0.1) is 10.2 Å². The summed E-state index contributed by atoms with van der Waals surface area (Å²) in [6.45, 7) is 0. The molecule has 74 valence electrons. The minimum Gasteiger partial charge on any atom is -0.594 e. The van der Waals surface area contributed by atoms with Crippen LogP contribution in [0.2, 0.25) is 0 Å². The van der Waals surface area contributed by atoms with Gasteiger partial charge in [-0.2, -0.15) is 0 Å². The van der Waals surface area contributed by atoms with Gasteiger partial charge in [0, 0.05) is 6.07 Å². The Morgan fingerprint density at radius 1 is 1.57 bits per heavy atom. The van der Waals surface area contributed by atoms with E-state index in [-0.39, 0.29) is 0 Å². The highest BCUT2D eigenvalue weighted by Gasteiger charge is 2.10. The average molecular weight is 264 g/mol. The molecule has 2 rings (SSSR count). The Balaban J connectivity index is 2.54. The fraction of sp³-hybridized carbons (Fsp3) is 0.125. The molecular formula is C8H6ClNOS3. The largest absolute Gasteiger partial charge is 0.594 e. The molecule has 6 heteroatoms. The van der Waals surface area contributed by atoms with E-state index in [1.54, 1.807) is 29.2 Å². The SMILES string of the molecule is CSc1nc2ccc([S+]([O-])Cl)cc2s1. The Hall–Kier alpha value is 0.0600. The summed E-state index contributed by atoms with van der Waals surface area (Å²) in [6, 6.07) is 5.42. The minimum absolute atomic E-state index is 0.635. The molecule has 1 atom stereocenters. The number of aromatic nitrogens is 1. The first-order chi connectivity index (χ1) is 6.70.